The van der Waals surface area contributed by atoms with Crippen LogP contribution in [0, 0.1) is 18.8 Å². The molecule has 0 aliphatic heterocycles. The van der Waals surface area contributed by atoms with Crippen molar-refractivity contribution >= 4 is 44.7 Å². The molecule has 0 saturated carbocycles. The second-order valence-electron chi connectivity index (χ2n) is 12.3. The molecule has 45 heavy (non-hydrogen) atoms. The summed E-state index contributed by atoms with van der Waals surface area (Å²) < 4.78 is 29.5. The minimum atomic E-state index is -3.96. The monoisotopic (exact) mass is 634 g/mol. The van der Waals surface area contributed by atoms with Crippen LogP contribution in [0.2, 0.25) is 0 Å². The second-order valence-corrected chi connectivity index (χ2v) is 14.1. The van der Waals surface area contributed by atoms with Gasteiger partial charge in [0, 0.05) is 43.2 Å². The largest absolute Gasteiger partial charge is 0.344 e. The number of rotatable bonds is 12. The van der Waals surface area contributed by atoms with Crippen LogP contribution in [0.1, 0.15) is 65.3 Å². The van der Waals surface area contributed by atoms with Crippen LogP contribution in [0.5, 0.6) is 0 Å². The van der Waals surface area contributed by atoms with Gasteiger partial charge in [-0.2, -0.15) is 0 Å². The van der Waals surface area contributed by atoms with Crippen LogP contribution in [-0.4, -0.2) is 54.1 Å². The molecule has 0 fully saturated rings. The summed E-state index contributed by atoms with van der Waals surface area (Å²) >= 11 is 0. The molecule has 0 unspecified atom stereocenters. The Balaban J connectivity index is 2.06. The van der Waals surface area contributed by atoms with Crippen molar-refractivity contribution in [3.63, 3.8) is 0 Å². The number of likely N-dealkylation sites (N-methyl/N-ethyl adjacent to an activating group) is 1. The van der Waals surface area contributed by atoms with Gasteiger partial charge in [-0.3, -0.25) is 14.4 Å². The van der Waals surface area contributed by atoms with Crippen LogP contribution in [0.15, 0.2) is 71.3 Å². The van der Waals surface area contributed by atoms with E-state index in [1.807, 2.05) is 66.7 Å². The first kappa shape index (κ1) is 35.3. The Bertz CT molecular complexity index is 1710. The van der Waals surface area contributed by atoms with Crippen molar-refractivity contribution in [3.05, 3.63) is 83.2 Å². The first-order valence-corrected chi connectivity index (χ1v) is 16.6. The first-order chi connectivity index (χ1) is 21.1. The van der Waals surface area contributed by atoms with E-state index in [0.717, 1.165) is 16.5 Å². The molecular weight excluding hydrogens is 588 g/mol. The quantitative estimate of drug-likeness (QED) is 0.258. The van der Waals surface area contributed by atoms with Crippen molar-refractivity contribution < 1.29 is 22.8 Å². The highest BCUT2D eigenvalue weighted by molar-refractivity contribution is 7.90. The number of carbonyl (C=O) groups excluding carboxylic acids is 3. The number of para-hydroxylation sites is 1. The molecular formula is C35H46N4O5S. The fourth-order valence-electron chi connectivity index (χ4n) is 5.37. The van der Waals surface area contributed by atoms with Crippen molar-refractivity contribution in [1.82, 2.24) is 19.5 Å². The maximum Gasteiger partial charge on any atom is 0.268 e. The van der Waals surface area contributed by atoms with E-state index in [0.29, 0.717) is 23.2 Å². The van der Waals surface area contributed by atoms with Gasteiger partial charge < -0.3 is 15.5 Å². The number of fused-ring (bicyclic) bond motifs is 1. The number of aryl methyl sites for hydroxylation is 1. The molecule has 242 valence electrons. The van der Waals surface area contributed by atoms with Gasteiger partial charge in [0.25, 0.3) is 10.0 Å². The number of nitrogens with one attached hydrogen (secondary N) is 2. The van der Waals surface area contributed by atoms with E-state index < -0.39 is 28.0 Å². The number of aromatic nitrogens is 1. The summed E-state index contributed by atoms with van der Waals surface area (Å²) in [6, 6.07) is 12.5. The Labute approximate surface area is 267 Å². The highest BCUT2D eigenvalue weighted by Gasteiger charge is 2.34. The van der Waals surface area contributed by atoms with Crippen molar-refractivity contribution in [1.29, 1.82) is 0 Å². The molecule has 3 rings (SSSR count). The molecule has 2 atom stereocenters. The SMILES string of the molecule is CC(=O)N[C@@H](C(=O)N(C)[C@H](C(=O)N/C=C\c1c(CC=C(C)C)n(S(=O)(=O)c2ccc(C)cc2)c2ccccc12)C(C)C)C(C)C. The molecule has 1 heterocycles. The Hall–Kier alpha value is -4.18. The Kier molecular flexibility index (Phi) is 11.6. The molecule has 2 aromatic carbocycles. The maximum absolute atomic E-state index is 14.1. The van der Waals surface area contributed by atoms with E-state index in [1.165, 1.54) is 22.0 Å². The van der Waals surface area contributed by atoms with Crippen molar-refractivity contribution in [2.24, 2.45) is 11.8 Å². The minimum absolute atomic E-state index is 0.174. The zero-order chi connectivity index (χ0) is 33.6. The molecule has 10 heteroatoms. The highest BCUT2D eigenvalue weighted by Crippen LogP contribution is 2.32. The minimum Gasteiger partial charge on any atom is -0.344 e. The number of hydrogen-bond acceptors (Lipinski definition) is 5. The van der Waals surface area contributed by atoms with Crippen LogP contribution >= 0.6 is 0 Å². The van der Waals surface area contributed by atoms with Crippen LogP contribution in [0.25, 0.3) is 17.0 Å². The Morgan fingerprint density at radius 1 is 0.933 bits per heavy atom. The number of carbonyl (C=O) groups is 3. The summed E-state index contributed by atoms with van der Waals surface area (Å²) in [5.41, 5.74) is 3.75. The Morgan fingerprint density at radius 2 is 1.56 bits per heavy atom. The summed E-state index contributed by atoms with van der Waals surface area (Å²) in [6.45, 7) is 14.5. The van der Waals surface area contributed by atoms with Gasteiger partial charge in [-0.25, -0.2) is 12.4 Å². The van der Waals surface area contributed by atoms with Crippen LogP contribution in [0.4, 0.5) is 0 Å². The van der Waals surface area contributed by atoms with E-state index in [-0.39, 0.29) is 28.5 Å². The number of nitrogens with zero attached hydrogens (tertiary/aromatic N) is 2. The maximum atomic E-state index is 14.1. The number of benzene rings is 2. The fourth-order valence-corrected chi connectivity index (χ4v) is 6.94. The molecule has 0 radical (unpaired) electrons. The molecule has 0 spiro atoms. The molecule has 3 aromatic rings. The Morgan fingerprint density at radius 3 is 2.11 bits per heavy atom. The standard InChI is InChI=1S/C35H46N4O5S/c1-22(2)14-19-31-29(28-12-10-11-13-30(28)39(31)45(43,44)27-17-15-25(7)16-18-27)20-21-36-34(41)33(24(5)6)38(9)35(42)32(23(3)4)37-26(8)40/h10-18,20-21,23-24,32-33H,19H2,1-9H3,(H,36,41)(H,37,40)/b21-20-/t32-,33+/m1/s1. The molecule has 2 N–H and O–H groups in total. The van der Waals surface area contributed by atoms with E-state index in [9.17, 15) is 22.8 Å². The van der Waals surface area contributed by atoms with Gasteiger partial charge in [0.1, 0.15) is 12.1 Å². The first-order valence-electron chi connectivity index (χ1n) is 15.2. The van der Waals surface area contributed by atoms with Gasteiger partial charge in [0.2, 0.25) is 17.7 Å². The molecule has 0 saturated heterocycles. The van der Waals surface area contributed by atoms with Crippen LogP contribution in [0.3, 0.4) is 0 Å². The molecule has 0 aliphatic carbocycles. The van der Waals surface area contributed by atoms with Gasteiger partial charge in [-0.05, 0) is 56.9 Å². The van der Waals surface area contributed by atoms with E-state index in [2.05, 4.69) is 10.6 Å². The average molecular weight is 635 g/mol. The number of hydrogen-bond donors (Lipinski definition) is 2. The smallest absolute Gasteiger partial charge is 0.268 e. The molecule has 9 nitrogen and oxygen atoms in total. The predicted molar refractivity (Wildman–Crippen MR) is 180 cm³/mol. The number of amides is 3. The van der Waals surface area contributed by atoms with Gasteiger partial charge in [-0.1, -0.05) is 75.2 Å². The topological polar surface area (TPSA) is 118 Å². The lowest BCUT2D eigenvalue weighted by Gasteiger charge is -2.33. The van der Waals surface area contributed by atoms with E-state index in [4.69, 9.17) is 0 Å². The van der Waals surface area contributed by atoms with Crippen LogP contribution in [-0.2, 0) is 30.8 Å². The second kappa shape index (κ2) is 14.7. The lowest BCUT2D eigenvalue weighted by atomic mass is 9.98. The van der Waals surface area contributed by atoms with Gasteiger partial charge in [0.15, 0.2) is 0 Å². The zero-order valence-electron chi connectivity index (χ0n) is 27.7. The summed E-state index contributed by atoms with van der Waals surface area (Å²) in [4.78, 5) is 40.2. The van der Waals surface area contributed by atoms with Crippen molar-refractivity contribution in [2.45, 2.75) is 78.8 Å². The average Bonchev–Trinajstić information content (AvgIpc) is 3.28. The molecule has 0 aliphatic rings. The van der Waals surface area contributed by atoms with E-state index in [1.54, 1.807) is 49.5 Å². The van der Waals surface area contributed by atoms with Gasteiger partial charge in [-0.15, -0.1) is 0 Å². The lowest BCUT2D eigenvalue weighted by Crippen LogP contribution is -2.56. The van der Waals surface area contributed by atoms with Crippen molar-refractivity contribution in [3.8, 4) is 0 Å². The fraction of sp³-hybridized carbons (Fsp3) is 0.400. The zero-order valence-corrected chi connectivity index (χ0v) is 28.5. The third-order valence-corrected chi connectivity index (χ3v) is 9.43. The third-order valence-electron chi connectivity index (χ3n) is 7.66. The lowest BCUT2D eigenvalue weighted by molar-refractivity contribution is -0.143. The summed E-state index contributed by atoms with van der Waals surface area (Å²) in [6.07, 6.45) is 5.53. The van der Waals surface area contributed by atoms with Crippen LogP contribution < -0.4 is 10.6 Å². The highest BCUT2D eigenvalue weighted by atomic mass is 32.2. The molecule has 3 amide bonds. The van der Waals surface area contributed by atoms with Crippen molar-refractivity contribution in [2.75, 3.05) is 7.05 Å². The van der Waals surface area contributed by atoms with Gasteiger partial charge in [0.05, 0.1) is 10.4 Å². The molecule has 1 aromatic heterocycles. The van der Waals surface area contributed by atoms with E-state index >= 15 is 0 Å². The van der Waals surface area contributed by atoms with Gasteiger partial charge >= 0.3 is 0 Å². The summed E-state index contributed by atoms with van der Waals surface area (Å²) in [5, 5.41) is 6.24. The number of allylic oxidation sites excluding steroid dienone is 2. The normalized spacial score (nSPS) is 13.2. The third kappa shape index (κ3) is 8.11. The summed E-state index contributed by atoms with van der Waals surface area (Å²) in [7, 11) is -2.39. The predicted octanol–water partition coefficient (Wildman–Crippen LogP) is 5.43. The molecule has 0 bridgehead atoms. The summed E-state index contributed by atoms with van der Waals surface area (Å²) in [5.74, 6) is -1.48.